The van der Waals surface area contributed by atoms with Gasteiger partial charge in [0, 0.05) is 31.8 Å². The number of hydrogen-bond acceptors (Lipinski definition) is 4. The second kappa shape index (κ2) is 9.42. The number of anilines is 1. The summed E-state index contributed by atoms with van der Waals surface area (Å²) in [5, 5.41) is 2.90. The van der Waals surface area contributed by atoms with Crippen molar-refractivity contribution in [3.63, 3.8) is 0 Å². The van der Waals surface area contributed by atoms with Crippen molar-refractivity contribution in [1.82, 2.24) is 5.32 Å². The third-order valence-corrected chi connectivity index (χ3v) is 4.03. The standard InChI is InChI=1S/C19H28N2O4/c1-4-24-17-8-6-16(7-9-17)21-13-15(12-18(21)22)19(23)20-10-5-11-25-14(2)3/h6-9,14-15H,4-5,10-13H2,1-3H3,(H,20,23)/t15-/m1/s1. The number of carbonyl (C=O) groups excluding carboxylic acids is 2. The fourth-order valence-corrected chi connectivity index (χ4v) is 2.77. The Labute approximate surface area is 149 Å². The van der Waals surface area contributed by atoms with Crippen LogP contribution in [0.15, 0.2) is 24.3 Å². The molecule has 1 aromatic carbocycles. The maximum Gasteiger partial charge on any atom is 0.227 e. The highest BCUT2D eigenvalue weighted by molar-refractivity contribution is 6.00. The lowest BCUT2D eigenvalue weighted by Crippen LogP contribution is -2.34. The van der Waals surface area contributed by atoms with E-state index < -0.39 is 0 Å². The molecule has 0 unspecified atom stereocenters. The summed E-state index contributed by atoms with van der Waals surface area (Å²) in [6.45, 7) is 8.11. The van der Waals surface area contributed by atoms with Crippen LogP contribution in [-0.2, 0) is 14.3 Å². The molecule has 1 fully saturated rings. The molecule has 138 valence electrons. The van der Waals surface area contributed by atoms with E-state index >= 15 is 0 Å². The number of nitrogens with zero attached hydrogens (tertiary/aromatic N) is 1. The van der Waals surface area contributed by atoms with Gasteiger partial charge in [0.25, 0.3) is 0 Å². The molecule has 0 aliphatic carbocycles. The lowest BCUT2D eigenvalue weighted by atomic mass is 10.1. The summed E-state index contributed by atoms with van der Waals surface area (Å²) < 4.78 is 10.9. The molecule has 1 atom stereocenters. The van der Waals surface area contributed by atoms with Gasteiger partial charge < -0.3 is 19.7 Å². The van der Waals surface area contributed by atoms with Crippen molar-refractivity contribution < 1.29 is 19.1 Å². The maximum absolute atomic E-state index is 12.3. The highest BCUT2D eigenvalue weighted by atomic mass is 16.5. The van der Waals surface area contributed by atoms with Gasteiger partial charge in [-0.3, -0.25) is 9.59 Å². The van der Waals surface area contributed by atoms with Crippen molar-refractivity contribution in [2.24, 2.45) is 5.92 Å². The molecule has 2 amide bonds. The van der Waals surface area contributed by atoms with Crippen molar-refractivity contribution in [2.45, 2.75) is 39.7 Å². The van der Waals surface area contributed by atoms with E-state index in [1.54, 1.807) is 4.90 Å². The fraction of sp³-hybridized carbons (Fsp3) is 0.579. The second-order valence-electron chi connectivity index (χ2n) is 6.40. The fourth-order valence-electron chi connectivity index (χ4n) is 2.77. The molecule has 25 heavy (non-hydrogen) atoms. The van der Waals surface area contributed by atoms with Crippen LogP contribution < -0.4 is 15.0 Å². The van der Waals surface area contributed by atoms with Crippen LogP contribution in [0, 0.1) is 5.92 Å². The first-order chi connectivity index (χ1) is 12.0. The van der Waals surface area contributed by atoms with Crippen LogP contribution in [-0.4, -0.2) is 44.2 Å². The number of benzene rings is 1. The first-order valence-electron chi connectivity index (χ1n) is 8.93. The molecule has 0 radical (unpaired) electrons. The van der Waals surface area contributed by atoms with Crippen molar-refractivity contribution >= 4 is 17.5 Å². The molecule has 1 aromatic rings. The van der Waals surface area contributed by atoms with Crippen LogP contribution in [0.5, 0.6) is 5.75 Å². The maximum atomic E-state index is 12.3. The number of amides is 2. The lowest BCUT2D eigenvalue weighted by Gasteiger charge is -2.17. The Morgan fingerprint density at radius 3 is 2.68 bits per heavy atom. The van der Waals surface area contributed by atoms with Gasteiger partial charge in [-0.25, -0.2) is 0 Å². The molecule has 2 rings (SSSR count). The molecule has 0 saturated carbocycles. The zero-order valence-corrected chi connectivity index (χ0v) is 15.3. The largest absolute Gasteiger partial charge is 0.494 e. The normalized spacial score (nSPS) is 17.2. The van der Waals surface area contributed by atoms with Gasteiger partial charge in [-0.1, -0.05) is 0 Å². The van der Waals surface area contributed by atoms with Crippen LogP contribution in [0.2, 0.25) is 0 Å². The Morgan fingerprint density at radius 1 is 1.32 bits per heavy atom. The van der Waals surface area contributed by atoms with Gasteiger partial charge in [-0.05, 0) is 51.5 Å². The highest BCUT2D eigenvalue weighted by Gasteiger charge is 2.34. The van der Waals surface area contributed by atoms with E-state index in [0.29, 0.717) is 26.3 Å². The van der Waals surface area contributed by atoms with Crippen LogP contribution in [0.3, 0.4) is 0 Å². The van der Waals surface area contributed by atoms with Gasteiger partial charge in [-0.15, -0.1) is 0 Å². The number of nitrogens with one attached hydrogen (secondary N) is 1. The summed E-state index contributed by atoms with van der Waals surface area (Å²) in [6, 6.07) is 7.39. The van der Waals surface area contributed by atoms with Gasteiger partial charge in [0.15, 0.2) is 0 Å². The molecule has 1 aliphatic rings. The monoisotopic (exact) mass is 348 g/mol. The Balaban J connectivity index is 1.81. The van der Waals surface area contributed by atoms with Gasteiger partial charge in [-0.2, -0.15) is 0 Å². The highest BCUT2D eigenvalue weighted by Crippen LogP contribution is 2.27. The molecular formula is C19H28N2O4. The van der Waals surface area contributed by atoms with Crippen LogP contribution >= 0.6 is 0 Å². The summed E-state index contributed by atoms with van der Waals surface area (Å²) in [7, 11) is 0. The minimum Gasteiger partial charge on any atom is -0.494 e. The zero-order chi connectivity index (χ0) is 18.2. The van der Waals surface area contributed by atoms with E-state index in [2.05, 4.69) is 5.32 Å². The molecule has 0 spiro atoms. The second-order valence-corrected chi connectivity index (χ2v) is 6.40. The van der Waals surface area contributed by atoms with Crippen molar-refractivity contribution in [1.29, 1.82) is 0 Å². The first-order valence-corrected chi connectivity index (χ1v) is 8.93. The Kier molecular flexibility index (Phi) is 7.25. The SMILES string of the molecule is CCOc1ccc(N2C[C@H](C(=O)NCCCOC(C)C)CC2=O)cc1. The van der Waals surface area contributed by atoms with Crippen molar-refractivity contribution in [3.05, 3.63) is 24.3 Å². The Hall–Kier alpha value is -2.08. The quantitative estimate of drug-likeness (QED) is 0.696. The number of ether oxygens (including phenoxy) is 2. The number of rotatable bonds is 9. The molecule has 6 heteroatoms. The van der Waals surface area contributed by atoms with Crippen LogP contribution in [0.4, 0.5) is 5.69 Å². The topological polar surface area (TPSA) is 67.9 Å². The molecule has 1 heterocycles. The van der Waals surface area contributed by atoms with Crippen LogP contribution in [0.25, 0.3) is 0 Å². The predicted molar refractivity (Wildman–Crippen MR) is 96.8 cm³/mol. The van der Waals surface area contributed by atoms with Gasteiger partial charge in [0.1, 0.15) is 5.75 Å². The average Bonchev–Trinajstić information content (AvgIpc) is 2.97. The predicted octanol–water partition coefficient (Wildman–Crippen LogP) is 2.37. The molecule has 6 nitrogen and oxygen atoms in total. The third-order valence-electron chi connectivity index (χ3n) is 4.03. The van der Waals surface area contributed by atoms with E-state index in [1.807, 2.05) is 45.0 Å². The van der Waals surface area contributed by atoms with E-state index in [-0.39, 0.29) is 30.3 Å². The molecule has 0 aromatic heterocycles. The summed E-state index contributed by atoms with van der Waals surface area (Å²) in [4.78, 5) is 26.2. The lowest BCUT2D eigenvalue weighted by molar-refractivity contribution is -0.126. The Morgan fingerprint density at radius 2 is 2.04 bits per heavy atom. The number of hydrogen-bond donors (Lipinski definition) is 1. The first kappa shape index (κ1) is 19.2. The van der Waals surface area contributed by atoms with Gasteiger partial charge in [0.05, 0.1) is 18.6 Å². The summed E-state index contributed by atoms with van der Waals surface area (Å²) >= 11 is 0. The Bertz CT molecular complexity index is 571. The molecule has 1 N–H and O–H groups in total. The summed E-state index contributed by atoms with van der Waals surface area (Å²) in [6.07, 6.45) is 1.22. The number of carbonyl (C=O) groups is 2. The smallest absolute Gasteiger partial charge is 0.227 e. The summed E-state index contributed by atoms with van der Waals surface area (Å²) in [5.74, 6) is 0.389. The van der Waals surface area contributed by atoms with Crippen molar-refractivity contribution in [3.8, 4) is 5.75 Å². The molecular weight excluding hydrogens is 320 g/mol. The van der Waals surface area contributed by atoms with Gasteiger partial charge >= 0.3 is 0 Å². The van der Waals surface area contributed by atoms with E-state index in [9.17, 15) is 9.59 Å². The van der Waals surface area contributed by atoms with E-state index in [0.717, 1.165) is 17.9 Å². The molecule has 0 bridgehead atoms. The molecule has 1 saturated heterocycles. The minimum atomic E-state index is -0.301. The van der Waals surface area contributed by atoms with Crippen LogP contribution in [0.1, 0.15) is 33.6 Å². The van der Waals surface area contributed by atoms with E-state index in [4.69, 9.17) is 9.47 Å². The zero-order valence-electron chi connectivity index (χ0n) is 15.3. The van der Waals surface area contributed by atoms with E-state index in [1.165, 1.54) is 0 Å². The van der Waals surface area contributed by atoms with Crippen molar-refractivity contribution in [2.75, 3.05) is 31.2 Å². The average molecular weight is 348 g/mol. The summed E-state index contributed by atoms with van der Waals surface area (Å²) in [5.41, 5.74) is 0.800. The van der Waals surface area contributed by atoms with Gasteiger partial charge in [0.2, 0.25) is 11.8 Å². The third kappa shape index (κ3) is 5.74. The molecule has 1 aliphatic heterocycles. The minimum absolute atomic E-state index is 0.0209.